The van der Waals surface area contributed by atoms with Crippen LogP contribution >= 0.6 is 0 Å². The quantitative estimate of drug-likeness (QED) is 0.763. The summed E-state index contributed by atoms with van der Waals surface area (Å²) in [5, 5.41) is 5.38. The number of para-hydroxylation sites is 2. The second-order valence-electron chi connectivity index (χ2n) is 5.35. The summed E-state index contributed by atoms with van der Waals surface area (Å²) in [4.78, 5) is 23.9. The molecule has 0 aliphatic rings. The molecule has 2 amide bonds. The predicted octanol–water partition coefficient (Wildman–Crippen LogP) is 3.03. The fourth-order valence-corrected chi connectivity index (χ4v) is 2.34. The Morgan fingerprint density at radius 1 is 1.08 bits per heavy atom. The zero-order valence-electron chi connectivity index (χ0n) is 14.4. The van der Waals surface area contributed by atoms with E-state index in [1.54, 1.807) is 13.2 Å². The van der Waals surface area contributed by atoms with Crippen LogP contribution in [0.5, 0.6) is 5.75 Å². The highest BCUT2D eigenvalue weighted by atomic mass is 16.5. The van der Waals surface area contributed by atoms with Gasteiger partial charge in [0.1, 0.15) is 5.75 Å². The van der Waals surface area contributed by atoms with Gasteiger partial charge in [0.25, 0.3) is 0 Å². The highest BCUT2D eigenvalue weighted by Gasteiger charge is 2.06. The maximum atomic E-state index is 12.0. The number of hydrogen-bond donors (Lipinski definition) is 2. The zero-order valence-corrected chi connectivity index (χ0v) is 14.4. The van der Waals surface area contributed by atoms with Crippen molar-refractivity contribution in [3.63, 3.8) is 0 Å². The van der Waals surface area contributed by atoms with Crippen molar-refractivity contribution >= 4 is 23.6 Å². The number of nitrogens with one attached hydrogen (secondary N) is 2. The number of methoxy groups -OCH3 is 1. The van der Waals surface area contributed by atoms with Crippen LogP contribution in [0.3, 0.4) is 0 Å². The van der Waals surface area contributed by atoms with Gasteiger partial charge in [-0.1, -0.05) is 43.3 Å². The first kappa shape index (κ1) is 18.3. The number of ether oxygens (including phenoxy) is 1. The molecule has 0 aliphatic heterocycles. The fourth-order valence-electron chi connectivity index (χ4n) is 2.34. The molecule has 0 aliphatic carbocycles. The molecule has 2 N–H and O–H groups in total. The molecular formula is C20H22N2O3. The van der Waals surface area contributed by atoms with E-state index in [-0.39, 0.29) is 18.4 Å². The van der Waals surface area contributed by atoms with E-state index in [9.17, 15) is 9.59 Å². The van der Waals surface area contributed by atoms with Gasteiger partial charge in [-0.05, 0) is 30.2 Å². The Bertz CT molecular complexity index is 769. The van der Waals surface area contributed by atoms with Crippen LogP contribution in [0.4, 0.5) is 5.69 Å². The molecule has 0 atom stereocenters. The van der Waals surface area contributed by atoms with Crippen LogP contribution in [0.2, 0.25) is 0 Å². The average molecular weight is 338 g/mol. The van der Waals surface area contributed by atoms with Crippen molar-refractivity contribution in [1.29, 1.82) is 0 Å². The topological polar surface area (TPSA) is 67.4 Å². The van der Waals surface area contributed by atoms with Crippen molar-refractivity contribution in [2.24, 2.45) is 0 Å². The van der Waals surface area contributed by atoms with Gasteiger partial charge in [-0.3, -0.25) is 9.59 Å². The minimum absolute atomic E-state index is 0.0901. The molecule has 0 saturated heterocycles. The lowest BCUT2D eigenvalue weighted by Gasteiger charge is -2.09. The molecule has 2 aromatic carbocycles. The van der Waals surface area contributed by atoms with Crippen LogP contribution < -0.4 is 15.4 Å². The van der Waals surface area contributed by atoms with Crippen molar-refractivity contribution in [2.75, 3.05) is 19.0 Å². The van der Waals surface area contributed by atoms with Gasteiger partial charge < -0.3 is 15.4 Å². The Balaban J connectivity index is 1.87. The van der Waals surface area contributed by atoms with Gasteiger partial charge in [0.15, 0.2) is 0 Å². The molecule has 2 aromatic rings. The van der Waals surface area contributed by atoms with E-state index < -0.39 is 0 Å². The summed E-state index contributed by atoms with van der Waals surface area (Å²) >= 11 is 0. The van der Waals surface area contributed by atoms with Crippen molar-refractivity contribution < 1.29 is 14.3 Å². The van der Waals surface area contributed by atoms with E-state index in [0.29, 0.717) is 5.75 Å². The normalized spacial score (nSPS) is 10.5. The maximum Gasteiger partial charge on any atom is 0.244 e. The summed E-state index contributed by atoms with van der Waals surface area (Å²) in [5.41, 5.74) is 2.62. The molecular weight excluding hydrogens is 316 g/mol. The lowest BCUT2D eigenvalue weighted by molar-refractivity contribution is -0.121. The summed E-state index contributed by atoms with van der Waals surface area (Å²) < 4.78 is 5.22. The van der Waals surface area contributed by atoms with Gasteiger partial charge in [-0.25, -0.2) is 0 Å². The largest absolute Gasteiger partial charge is 0.496 e. The maximum absolute atomic E-state index is 12.0. The number of rotatable bonds is 7. The second-order valence-corrected chi connectivity index (χ2v) is 5.35. The molecule has 130 valence electrons. The summed E-state index contributed by atoms with van der Waals surface area (Å²) in [6.07, 6.45) is 3.86. The Labute approximate surface area is 147 Å². The third-order valence-electron chi connectivity index (χ3n) is 3.65. The summed E-state index contributed by atoms with van der Waals surface area (Å²) in [7, 11) is 1.57. The molecule has 0 spiro atoms. The minimum atomic E-state index is -0.343. The number of carbonyl (C=O) groups is 2. The highest BCUT2D eigenvalue weighted by molar-refractivity contribution is 5.98. The molecule has 25 heavy (non-hydrogen) atoms. The molecule has 0 saturated carbocycles. The van der Waals surface area contributed by atoms with E-state index in [4.69, 9.17) is 4.74 Å². The van der Waals surface area contributed by atoms with E-state index in [2.05, 4.69) is 10.6 Å². The lowest BCUT2D eigenvalue weighted by atomic mass is 10.1. The van der Waals surface area contributed by atoms with Crippen LogP contribution in [-0.4, -0.2) is 25.5 Å². The fraction of sp³-hybridized carbons (Fsp3) is 0.200. The molecule has 5 heteroatoms. The Morgan fingerprint density at radius 3 is 2.56 bits per heavy atom. The number of hydrogen-bond acceptors (Lipinski definition) is 3. The lowest BCUT2D eigenvalue weighted by Crippen LogP contribution is -2.31. The predicted molar refractivity (Wildman–Crippen MR) is 99.5 cm³/mol. The van der Waals surface area contributed by atoms with Crippen LogP contribution in [0, 0.1) is 0 Å². The first-order valence-corrected chi connectivity index (χ1v) is 8.10. The molecule has 5 nitrogen and oxygen atoms in total. The van der Waals surface area contributed by atoms with Gasteiger partial charge >= 0.3 is 0 Å². The summed E-state index contributed by atoms with van der Waals surface area (Å²) in [5.74, 6) is 0.0743. The second kappa shape index (κ2) is 9.27. The standard InChI is InChI=1S/C20H22N2O3/c1-3-15-8-4-6-10-17(15)22-20(24)14-21-19(23)13-12-16-9-5-7-11-18(16)25-2/h4-13H,3,14H2,1-2H3,(H,21,23)(H,22,24)/b13-12+. The highest BCUT2D eigenvalue weighted by Crippen LogP contribution is 2.18. The molecule has 0 bridgehead atoms. The third kappa shape index (κ3) is 5.49. The van der Waals surface area contributed by atoms with E-state index in [0.717, 1.165) is 23.2 Å². The van der Waals surface area contributed by atoms with Crippen LogP contribution in [0.25, 0.3) is 6.08 Å². The smallest absolute Gasteiger partial charge is 0.244 e. The minimum Gasteiger partial charge on any atom is -0.496 e. The van der Waals surface area contributed by atoms with Crippen LogP contribution in [-0.2, 0) is 16.0 Å². The molecule has 0 fully saturated rings. The van der Waals surface area contributed by atoms with Crippen molar-refractivity contribution in [3.8, 4) is 5.75 Å². The number of amides is 2. The molecule has 2 rings (SSSR count). The molecule has 0 unspecified atom stereocenters. The van der Waals surface area contributed by atoms with E-state index >= 15 is 0 Å². The van der Waals surface area contributed by atoms with Crippen molar-refractivity contribution in [2.45, 2.75) is 13.3 Å². The van der Waals surface area contributed by atoms with Crippen LogP contribution in [0.15, 0.2) is 54.6 Å². The molecule has 0 heterocycles. The zero-order chi connectivity index (χ0) is 18.1. The SMILES string of the molecule is CCc1ccccc1NC(=O)CNC(=O)/C=C/c1ccccc1OC. The number of benzene rings is 2. The molecule has 0 radical (unpaired) electrons. The Hall–Kier alpha value is -3.08. The Kier molecular flexibility index (Phi) is 6.77. The monoisotopic (exact) mass is 338 g/mol. The number of aryl methyl sites for hydroxylation is 1. The third-order valence-corrected chi connectivity index (χ3v) is 3.65. The molecule has 0 aromatic heterocycles. The van der Waals surface area contributed by atoms with Gasteiger partial charge in [0, 0.05) is 17.3 Å². The Morgan fingerprint density at radius 2 is 1.80 bits per heavy atom. The van der Waals surface area contributed by atoms with E-state index in [1.165, 1.54) is 6.08 Å². The average Bonchev–Trinajstić information content (AvgIpc) is 2.65. The van der Waals surface area contributed by atoms with Crippen molar-refractivity contribution in [1.82, 2.24) is 5.32 Å². The summed E-state index contributed by atoms with van der Waals surface area (Å²) in [6, 6.07) is 15.0. The van der Waals surface area contributed by atoms with Gasteiger partial charge in [-0.2, -0.15) is 0 Å². The number of carbonyl (C=O) groups excluding carboxylic acids is 2. The number of anilines is 1. The first-order valence-electron chi connectivity index (χ1n) is 8.10. The summed E-state index contributed by atoms with van der Waals surface area (Å²) in [6.45, 7) is 1.93. The first-order chi connectivity index (χ1) is 12.1. The van der Waals surface area contributed by atoms with Crippen molar-refractivity contribution in [3.05, 3.63) is 65.7 Å². The van der Waals surface area contributed by atoms with Gasteiger partial charge in [0.2, 0.25) is 11.8 Å². The van der Waals surface area contributed by atoms with Crippen LogP contribution in [0.1, 0.15) is 18.1 Å². The van der Waals surface area contributed by atoms with Gasteiger partial charge in [0.05, 0.1) is 13.7 Å². The van der Waals surface area contributed by atoms with Gasteiger partial charge in [-0.15, -0.1) is 0 Å². The van der Waals surface area contributed by atoms with E-state index in [1.807, 2.05) is 55.5 Å².